The smallest absolute Gasteiger partial charge is 0.251 e. The molecule has 136 valence electrons. The molecule has 0 radical (unpaired) electrons. The number of nitrogens with zero attached hydrogens (tertiary/aromatic N) is 1. The fraction of sp³-hybridized carbons (Fsp3) is 0.611. The summed E-state index contributed by atoms with van der Waals surface area (Å²) in [4.78, 5) is 15.1. The molecule has 1 aliphatic heterocycles. The van der Waals surface area contributed by atoms with Gasteiger partial charge in [-0.2, -0.15) is 0 Å². The number of nitrogens with one attached hydrogen (secondary N) is 2. The molecule has 0 aromatic heterocycles. The topological polar surface area (TPSA) is 78.5 Å². The summed E-state index contributed by atoms with van der Waals surface area (Å²) < 4.78 is 27.0. The number of carbonyl (C=O) groups is 1. The summed E-state index contributed by atoms with van der Waals surface area (Å²) in [5, 5.41) is 3.08. The van der Waals surface area contributed by atoms with Crippen molar-refractivity contribution in [2.45, 2.75) is 61.5 Å². The van der Waals surface area contributed by atoms with Crippen LogP contribution in [0, 0.1) is 0 Å². The molecule has 4 rings (SSSR count). The van der Waals surface area contributed by atoms with Crippen LogP contribution in [0.15, 0.2) is 29.2 Å². The Hall–Kier alpha value is -1.44. The fourth-order valence-corrected chi connectivity index (χ4v) is 4.70. The van der Waals surface area contributed by atoms with E-state index >= 15 is 0 Å². The molecule has 1 aromatic rings. The minimum absolute atomic E-state index is 0.0782. The van der Waals surface area contributed by atoms with Crippen molar-refractivity contribution in [1.29, 1.82) is 0 Å². The van der Waals surface area contributed by atoms with Crippen LogP contribution in [0.5, 0.6) is 0 Å². The van der Waals surface area contributed by atoms with E-state index in [0.717, 1.165) is 44.8 Å². The second-order valence-corrected chi connectivity index (χ2v) is 9.15. The predicted molar refractivity (Wildman–Crippen MR) is 94.9 cm³/mol. The molecule has 1 saturated heterocycles. The number of benzene rings is 1. The molecule has 3 fully saturated rings. The van der Waals surface area contributed by atoms with E-state index in [9.17, 15) is 13.2 Å². The summed E-state index contributed by atoms with van der Waals surface area (Å²) in [6, 6.07) is 7.28. The van der Waals surface area contributed by atoms with Crippen LogP contribution in [0.2, 0.25) is 0 Å². The van der Waals surface area contributed by atoms with E-state index in [1.807, 2.05) is 0 Å². The lowest BCUT2D eigenvalue weighted by Gasteiger charge is -2.32. The normalized spacial score (nSPS) is 22.7. The van der Waals surface area contributed by atoms with E-state index in [1.165, 1.54) is 25.0 Å². The first-order chi connectivity index (χ1) is 12.0. The molecule has 0 bridgehead atoms. The minimum Gasteiger partial charge on any atom is -0.349 e. The van der Waals surface area contributed by atoms with Crippen LogP contribution in [0.1, 0.15) is 48.9 Å². The van der Waals surface area contributed by atoms with Gasteiger partial charge in [0, 0.05) is 36.8 Å². The molecule has 7 heteroatoms. The van der Waals surface area contributed by atoms with Crippen molar-refractivity contribution in [3.05, 3.63) is 29.8 Å². The largest absolute Gasteiger partial charge is 0.349 e. The van der Waals surface area contributed by atoms with Crippen molar-refractivity contribution >= 4 is 15.9 Å². The molecular formula is C18H25N3O3S. The van der Waals surface area contributed by atoms with Crippen LogP contribution in [-0.2, 0) is 10.0 Å². The van der Waals surface area contributed by atoms with Gasteiger partial charge in [-0.3, -0.25) is 4.79 Å². The second-order valence-electron chi connectivity index (χ2n) is 7.43. The van der Waals surface area contributed by atoms with Crippen LogP contribution in [0.25, 0.3) is 0 Å². The molecule has 0 atom stereocenters. The summed E-state index contributed by atoms with van der Waals surface area (Å²) in [6.07, 6.45) is 6.42. The summed E-state index contributed by atoms with van der Waals surface area (Å²) in [6.45, 7) is 2.11. The van der Waals surface area contributed by atoms with E-state index in [-0.39, 0.29) is 22.9 Å². The summed E-state index contributed by atoms with van der Waals surface area (Å²) >= 11 is 0. The van der Waals surface area contributed by atoms with Crippen molar-refractivity contribution < 1.29 is 13.2 Å². The first-order valence-corrected chi connectivity index (χ1v) is 10.7. The molecule has 2 N–H and O–H groups in total. The van der Waals surface area contributed by atoms with Crippen molar-refractivity contribution in [3.63, 3.8) is 0 Å². The molecule has 0 spiro atoms. The molecule has 2 aliphatic carbocycles. The quantitative estimate of drug-likeness (QED) is 0.803. The van der Waals surface area contributed by atoms with Crippen molar-refractivity contribution in [1.82, 2.24) is 14.9 Å². The first-order valence-electron chi connectivity index (χ1n) is 9.18. The van der Waals surface area contributed by atoms with E-state index < -0.39 is 10.0 Å². The Morgan fingerprint density at radius 2 is 1.56 bits per heavy atom. The van der Waals surface area contributed by atoms with Crippen molar-refractivity contribution in [2.24, 2.45) is 0 Å². The molecule has 1 amide bonds. The standard InChI is InChI=1S/C18H25N3O3S/c22-18(19-14-9-11-21(12-10-14)16-5-6-16)13-1-7-17(8-2-13)25(23,24)20-15-3-4-15/h1-2,7-8,14-16,20H,3-6,9-12H2,(H,19,22). The van der Waals surface area contributed by atoms with Crippen LogP contribution < -0.4 is 10.0 Å². The first kappa shape index (κ1) is 17.0. The number of hydrogen-bond acceptors (Lipinski definition) is 4. The molecule has 1 heterocycles. The Morgan fingerprint density at radius 1 is 0.920 bits per heavy atom. The minimum atomic E-state index is -3.46. The summed E-state index contributed by atoms with van der Waals surface area (Å²) in [5.74, 6) is -0.121. The number of hydrogen-bond donors (Lipinski definition) is 2. The van der Waals surface area contributed by atoms with E-state index in [1.54, 1.807) is 12.1 Å². The van der Waals surface area contributed by atoms with Crippen LogP contribution in [0.3, 0.4) is 0 Å². The maximum atomic E-state index is 12.4. The monoisotopic (exact) mass is 363 g/mol. The van der Waals surface area contributed by atoms with Crippen molar-refractivity contribution in [2.75, 3.05) is 13.1 Å². The lowest BCUT2D eigenvalue weighted by atomic mass is 10.0. The highest BCUT2D eigenvalue weighted by atomic mass is 32.2. The third-order valence-corrected chi connectivity index (χ3v) is 6.79. The highest BCUT2D eigenvalue weighted by Crippen LogP contribution is 2.29. The van der Waals surface area contributed by atoms with Gasteiger partial charge in [0.25, 0.3) is 5.91 Å². The Morgan fingerprint density at radius 3 is 2.12 bits per heavy atom. The fourth-order valence-electron chi connectivity index (χ4n) is 3.39. The van der Waals surface area contributed by atoms with Gasteiger partial charge in [-0.05, 0) is 62.8 Å². The van der Waals surface area contributed by atoms with E-state index in [0.29, 0.717) is 5.56 Å². The zero-order valence-corrected chi connectivity index (χ0v) is 15.1. The lowest BCUT2D eigenvalue weighted by Crippen LogP contribution is -2.45. The second kappa shape index (κ2) is 6.70. The van der Waals surface area contributed by atoms with Gasteiger partial charge >= 0.3 is 0 Å². The Kier molecular flexibility index (Phi) is 4.56. The maximum Gasteiger partial charge on any atom is 0.251 e. The molecule has 2 saturated carbocycles. The number of carbonyl (C=O) groups excluding carboxylic acids is 1. The highest BCUT2D eigenvalue weighted by Gasteiger charge is 2.32. The third-order valence-electron chi connectivity index (χ3n) is 5.25. The molecule has 6 nitrogen and oxygen atoms in total. The number of sulfonamides is 1. The van der Waals surface area contributed by atoms with Crippen molar-refractivity contribution in [3.8, 4) is 0 Å². The average Bonchev–Trinajstić information content (AvgIpc) is 3.50. The zero-order valence-electron chi connectivity index (χ0n) is 14.3. The van der Waals surface area contributed by atoms with E-state index in [4.69, 9.17) is 0 Å². The zero-order chi connectivity index (χ0) is 17.4. The van der Waals surface area contributed by atoms with Gasteiger partial charge in [-0.1, -0.05) is 0 Å². The molecule has 0 unspecified atom stereocenters. The average molecular weight is 363 g/mol. The van der Waals surface area contributed by atoms with Gasteiger partial charge in [-0.25, -0.2) is 13.1 Å². The molecular weight excluding hydrogens is 338 g/mol. The van der Waals surface area contributed by atoms with Gasteiger partial charge in [0.2, 0.25) is 10.0 Å². The summed E-state index contributed by atoms with van der Waals surface area (Å²) in [7, 11) is -3.46. The number of rotatable bonds is 6. The van der Waals surface area contributed by atoms with Gasteiger partial charge in [0.05, 0.1) is 4.90 Å². The van der Waals surface area contributed by atoms with Gasteiger partial charge in [0.1, 0.15) is 0 Å². The number of amides is 1. The Labute approximate surface area is 149 Å². The van der Waals surface area contributed by atoms with Gasteiger partial charge < -0.3 is 10.2 Å². The van der Waals surface area contributed by atoms with Gasteiger partial charge in [-0.15, -0.1) is 0 Å². The van der Waals surface area contributed by atoms with Gasteiger partial charge in [0.15, 0.2) is 0 Å². The molecule has 25 heavy (non-hydrogen) atoms. The van der Waals surface area contributed by atoms with Crippen LogP contribution in [0.4, 0.5) is 0 Å². The number of likely N-dealkylation sites (tertiary alicyclic amines) is 1. The molecule has 1 aromatic carbocycles. The highest BCUT2D eigenvalue weighted by molar-refractivity contribution is 7.89. The van der Waals surface area contributed by atoms with E-state index in [2.05, 4.69) is 14.9 Å². The predicted octanol–water partition coefficient (Wildman–Crippen LogP) is 1.48. The number of piperidine rings is 1. The Bertz CT molecular complexity index is 731. The SMILES string of the molecule is O=C(NC1CCN(C2CC2)CC1)c1ccc(S(=O)(=O)NC2CC2)cc1. The van der Waals surface area contributed by atoms with Crippen LogP contribution in [-0.4, -0.2) is 50.4 Å². The maximum absolute atomic E-state index is 12.4. The lowest BCUT2D eigenvalue weighted by molar-refractivity contribution is 0.0909. The molecule has 3 aliphatic rings. The summed E-state index contributed by atoms with van der Waals surface area (Å²) in [5.41, 5.74) is 0.509. The Balaban J connectivity index is 1.32. The third kappa shape index (κ3) is 4.22. The van der Waals surface area contributed by atoms with Crippen LogP contribution >= 0.6 is 0 Å².